The number of unbranched alkanes of at least 4 members (excludes halogenated alkanes) is 2. The third-order valence-corrected chi connectivity index (χ3v) is 6.68. The number of benzene rings is 2. The van der Waals surface area contributed by atoms with Gasteiger partial charge in [-0.2, -0.15) is 16.8 Å². The van der Waals surface area contributed by atoms with E-state index >= 15 is 0 Å². The number of rotatable bonds is 13. The van der Waals surface area contributed by atoms with Gasteiger partial charge in [0, 0.05) is 24.5 Å². The van der Waals surface area contributed by atoms with E-state index in [1.54, 1.807) is 0 Å². The zero-order valence-electron chi connectivity index (χ0n) is 18.5. The Morgan fingerprint density at radius 1 is 0.656 bits per heavy atom. The molecule has 0 unspecified atom stereocenters. The SMILES string of the molecule is Cc1cc(-c2ccc(NCCCCS(=O)(=O)O)c(C)c2)ccc1NCCCCS(=O)(=O)O. The van der Waals surface area contributed by atoms with Crippen molar-refractivity contribution in [2.45, 2.75) is 39.5 Å². The highest BCUT2D eigenvalue weighted by atomic mass is 32.2. The van der Waals surface area contributed by atoms with Crippen LogP contribution in [0.3, 0.4) is 0 Å². The zero-order chi connectivity index (χ0) is 23.8. The molecular weight excluding hydrogens is 452 g/mol. The topological polar surface area (TPSA) is 133 Å². The number of nitrogens with one attached hydrogen (secondary N) is 2. The van der Waals surface area contributed by atoms with Crippen molar-refractivity contribution in [1.82, 2.24) is 0 Å². The quantitative estimate of drug-likeness (QED) is 0.246. The number of hydrogen-bond donors (Lipinski definition) is 4. The monoisotopic (exact) mass is 484 g/mol. The summed E-state index contributed by atoms with van der Waals surface area (Å²) in [6, 6.07) is 12.3. The Balaban J connectivity index is 1.90. The highest BCUT2D eigenvalue weighted by molar-refractivity contribution is 7.86. The van der Waals surface area contributed by atoms with Crippen LogP contribution in [0, 0.1) is 13.8 Å². The molecule has 10 heteroatoms. The minimum absolute atomic E-state index is 0.221. The number of anilines is 2. The van der Waals surface area contributed by atoms with Crippen molar-refractivity contribution in [3.63, 3.8) is 0 Å². The molecule has 0 spiro atoms. The molecule has 0 heterocycles. The van der Waals surface area contributed by atoms with Crippen LogP contribution in [0.4, 0.5) is 11.4 Å². The van der Waals surface area contributed by atoms with E-state index in [0.717, 1.165) is 33.6 Å². The van der Waals surface area contributed by atoms with Gasteiger partial charge in [0.2, 0.25) is 0 Å². The van der Waals surface area contributed by atoms with Gasteiger partial charge in [0.05, 0.1) is 11.5 Å². The van der Waals surface area contributed by atoms with Gasteiger partial charge in [-0.25, -0.2) is 0 Å². The molecule has 0 saturated carbocycles. The molecule has 2 aromatic carbocycles. The predicted molar refractivity (Wildman–Crippen MR) is 130 cm³/mol. The average Bonchev–Trinajstić information content (AvgIpc) is 2.68. The molecule has 0 aliphatic rings. The maximum Gasteiger partial charge on any atom is 0.264 e. The highest BCUT2D eigenvalue weighted by Gasteiger charge is 2.07. The lowest BCUT2D eigenvalue weighted by Gasteiger charge is -2.14. The molecule has 0 aliphatic carbocycles. The van der Waals surface area contributed by atoms with Crippen molar-refractivity contribution in [3.8, 4) is 11.1 Å². The molecule has 2 aromatic rings. The van der Waals surface area contributed by atoms with Crippen molar-refractivity contribution >= 4 is 31.6 Å². The van der Waals surface area contributed by atoms with Gasteiger partial charge < -0.3 is 10.6 Å². The fourth-order valence-electron chi connectivity index (χ4n) is 3.35. The number of aryl methyl sites for hydroxylation is 2. The Labute approximate surface area is 190 Å². The summed E-state index contributed by atoms with van der Waals surface area (Å²) in [5.74, 6) is -0.442. The summed E-state index contributed by atoms with van der Waals surface area (Å²) in [5.41, 5.74) is 6.30. The maximum atomic E-state index is 10.7. The minimum atomic E-state index is -3.90. The van der Waals surface area contributed by atoms with E-state index in [-0.39, 0.29) is 11.5 Å². The first-order chi connectivity index (χ1) is 14.9. The molecule has 8 nitrogen and oxygen atoms in total. The fourth-order valence-corrected chi connectivity index (χ4v) is 4.49. The molecule has 0 bridgehead atoms. The highest BCUT2D eigenvalue weighted by Crippen LogP contribution is 2.28. The fraction of sp³-hybridized carbons (Fsp3) is 0.455. The van der Waals surface area contributed by atoms with Crippen LogP contribution in [0.25, 0.3) is 11.1 Å². The average molecular weight is 485 g/mol. The van der Waals surface area contributed by atoms with E-state index < -0.39 is 20.2 Å². The Bertz CT molecular complexity index is 1030. The molecule has 0 aliphatic heterocycles. The summed E-state index contributed by atoms with van der Waals surface area (Å²) in [6.07, 6.45) is 2.10. The second kappa shape index (κ2) is 11.6. The van der Waals surface area contributed by atoms with Gasteiger partial charge in [0.1, 0.15) is 0 Å². The normalized spacial score (nSPS) is 12.0. The Hall–Kier alpha value is -2.14. The van der Waals surface area contributed by atoms with Crippen molar-refractivity contribution in [2.75, 3.05) is 35.2 Å². The maximum absolute atomic E-state index is 10.7. The van der Waals surface area contributed by atoms with E-state index in [4.69, 9.17) is 9.11 Å². The third-order valence-electron chi connectivity index (χ3n) is 5.08. The van der Waals surface area contributed by atoms with Gasteiger partial charge in [-0.15, -0.1) is 0 Å². The van der Waals surface area contributed by atoms with Crippen molar-refractivity contribution < 1.29 is 25.9 Å². The van der Waals surface area contributed by atoms with E-state index in [2.05, 4.69) is 22.8 Å². The molecule has 0 amide bonds. The smallest absolute Gasteiger partial charge is 0.264 e. The summed E-state index contributed by atoms with van der Waals surface area (Å²) in [4.78, 5) is 0. The molecule has 178 valence electrons. The summed E-state index contributed by atoms with van der Waals surface area (Å²) >= 11 is 0. The minimum Gasteiger partial charge on any atom is -0.385 e. The van der Waals surface area contributed by atoms with Crippen molar-refractivity contribution in [3.05, 3.63) is 47.5 Å². The van der Waals surface area contributed by atoms with Crippen LogP contribution in [0.15, 0.2) is 36.4 Å². The second-order valence-electron chi connectivity index (χ2n) is 7.90. The van der Waals surface area contributed by atoms with Crippen molar-refractivity contribution in [2.24, 2.45) is 0 Å². The number of hydrogen-bond acceptors (Lipinski definition) is 6. The lowest BCUT2D eigenvalue weighted by Crippen LogP contribution is -2.08. The van der Waals surface area contributed by atoms with Gasteiger partial charge >= 0.3 is 0 Å². The first-order valence-electron chi connectivity index (χ1n) is 10.5. The molecule has 2 rings (SSSR count). The largest absolute Gasteiger partial charge is 0.385 e. The van der Waals surface area contributed by atoms with Crippen LogP contribution in [0.1, 0.15) is 36.8 Å². The molecule has 0 aromatic heterocycles. The van der Waals surface area contributed by atoms with Gasteiger partial charge in [0.25, 0.3) is 20.2 Å². The van der Waals surface area contributed by atoms with E-state index in [1.807, 2.05) is 38.1 Å². The molecule has 0 radical (unpaired) electrons. The Morgan fingerprint density at radius 3 is 1.34 bits per heavy atom. The molecule has 0 atom stereocenters. The van der Waals surface area contributed by atoms with Crippen LogP contribution in [-0.4, -0.2) is 50.5 Å². The van der Waals surface area contributed by atoms with E-state index in [0.29, 0.717) is 38.8 Å². The first-order valence-corrected chi connectivity index (χ1v) is 13.8. The first kappa shape index (κ1) is 26.1. The standard InChI is InChI=1S/C22H32N2O6S2/c1-17-15-19(7-9-21(17)23-11-3-5-13-31(25,26)27)20-8-10-22(18(2)16-20)24-12-4-6-14-32(28,29)30/h7-10,15-16,23-24H,3-6,11-14H2,1-2H3,(H,25,26,27)(H,28,29,30). The lowest BCUT2D eigenvalue weighted by atomic mass is 10.00. The predicted octanol–water partition coefficient (Wildman–Crippen LogP) is 4.13. The van der Waals surface area contributed by atoms with Gasteiger partial charge in [-0.05, 0) is 86.1 Å². The van der Waals surface area contributed by atoms with Gasteiger partial charge in [-0.1, -0.05) is 12.1 Å². The second-order valence-corrected chi connectivity index (χ2v) is 11.0. The van der Waals surface area contributed by atoms with Crippen LogP contribution >= 0.6 is 0 Å². The Kier molecular flexibility index (Phi) is 9.50. The third kappa shape index (κ3) is 9.56. The summed E-state index contributed by atoms with van der Waals surface area (Å²) in [7, 11) is -7.79. The summed E-state index contributed by atoms with van der Waals surface area (Å²) in [5, 5.41) is 6.60. The zero-order valence-corrected chi connectivity index (χ0v) is 20.1. The van der Waals surface area contributed by atoms with Gasteiger partial charge in [0.15, 0.2) is 0 Å². The van der Waals surface area contributed by atoms with Crippen LogP contribution in [0.5, 0.6) is 0 Å². The van der Waals surface area contributed by atoms with Crippen LogP contribution < -0.4 is 10.6 Å². The van der Waals surface area contributed by atoms with Crippen molar-refractivity contribution in [1.29, 1.82) is 0 Å². The molecule has 32 heavy (non-hydrogen) atoms. The molecule has 4 N–H and O–H groups in total. The lowest BCUT2D eigenvalue weighted by molar-refractivity contribution is 0.478. The Morgan fingerprint density at radius 2 is 1.03 bits per heavy atom. The van der Waals surface area contributed by atoms with Crippen LogP contribution in [-0.2, 0) is 20.2 Å². The van der Waals surface area contributed by atoms with E-state index in [9.17, 15) is 16.8 Å². The van der Waals surface area contributed by atoms with Gasteiger partial charge in [-0.3, -0.25) is 9.11 Å². The summed E-state index contributed by atoms with van der Waals surface area (Å²) in [6.45, 7) is 5.28. The molecule has 0 fully saturated rings. The van der Waals surface area contributed by atoms with Crippen LogP contribution in [0.2, 0.25) is 0 Å². The molecular formula is C22H32N2O6S2. The molecule has 0 saturated heterocycles. The van der Waals surface area contributed by atoms with E-state index in [1.165, 1.54) is 0 Å². The summed E-state index contributed by atoms with van der Waals surface area (Å²) < 4.78 is 60.5.